The van der Waals surface area contributed by atoms with E-state index in [1.807, 2.05) is 0 Å². The van der Waals surface area contributed by atoms with Crippen LogP contribution in [0.3, 0.4) is 0 Å². The minimum Gasteiger partial charge on any atom is -0.489 e. The van der Waals surface area contributed by atoms with Gasteiger partial charge in [0, 0.05) is 17.8 Å². The van der Waals surface area contributed by atoms with Crippen molar-refractivity contribution in [3.63, 3.8) is 0 Å². The summed E-state index contributed by atoms with van der Waals surface area (Å²) in [7, 11) is 0. The van der Waals surface area contributed by atoms with Crippen LogP contribution in [-0.4, -0.2) is 29.8 Å². The molecule has 1 aliphatic rings. The molecule has 126 valence electrons. The lowest BCUT2D eigenvalue weighted by Crippen LogP contribution is -2.30. The second kappa shape index (κ2) is 6.86. The van der Waals surface area contributed by atoms with Crippen LogP contribution in [0, 0.1) is 12.7 Å². The maximum Gasteiger partial charge on any atom is 0.253 e. The highest BCUT2D eigenvalue weighted by molar-refractivity contribution is 6.10. The molecule has 0 saturated heterocycles. The number of carbonyl (C=O) groups is 2. The van der Waals surface area contributed by atoms with Crippen LogP contribution in [0.5, 0.6) is 5.75 Å². The molecule has 2 N–H and O–H groups in total. The largest absolute Gasteiger partial charge is 0.489 e. The van der Waals surface area contributed by atoms with Crippen molar-refractivity contribution in [1.82, 2.24) is 10.3 Å². The zero-order valence-electron chi connectivity index (χ0n) is 13.4. The molecule has 0 spiro atoms. The van der Waals surface area contributed by atoms with Gasteiger partial charge in [-0.1, -0.05) is 12.1 Å². The Morgan fingerprint density at radius 1 is 1.33 bits per heavy atom. The van der Waals surface area contributed by atoms with Gasteiger partial charge in [-0.15, -0.1) is 0 Å². The highest BCUT2D eigenvalue weighted by Crippen LogP contribution is 2.26. The van der Waals surface area contributed by atoms with Crippen LogP contribution in [0.15, 0.2) is 24.3 Å². The number of aromatic nitrogens is 1. The van der Waals surface area contributed by atoms with Crippen molar-refractivity contribution in [1.29, 1.82) is 0 Å². The number of Topliss-reactive ketones (excluding diaryl/α,β-unsaturated/α-hetero) is 1. The quantitative estimate of drug-likeness (QED) is 0.828. The van der Waals surface area contributed by atoms with E-state index in [0.29, 0.717) is 23.2 Å². The minimum atomic E-state index is -0.440. The van der Waals surface area contributed by atoms with E-state index in [1.165, 1.54) is 12.1 Å². The van der Waals surface area contributed by atoms with Gasteiger partial charge in [0.2, 0.25) is 0 Å². The number of fused-ring (bicyclic) bond motifs is 1. The number of para-hydroxylation sites is 1. The number of hydrogen-bond acceptors (Lipinski definition) is 3. The first kappa shape index (κ1) is 16.2. The zero-order chi connectivity index (χ0) is 17.1. The van der Waals surface area contributed by atoms with Crippen LogP contribution in [0.4, 0.5) is 4.39 Å². The molecule has 0 bridgehead atoms. The van der Waals surface area contributed by atoms with E-state index in [0.717, 1.165) is 18.5 Å². The van der Waals surface area contributed by atoms with E-state index in [4.69, 9.17) is 4.74 Å². The van der Waals surface area contributed by atoms with Gasteiger partial charge < -0.3 is 15.0 Å². The monoisotopic (exact) mass is 330 g/mol. The third-order valence-corrected chi connectivity index (χ3v) is 4.08. The molecule has 3 rings (SSSR count). The molecule has 1 aromatic carbocycles. The van der Waals surface area contributed by atoms with Gasteiger partial charge in [-0.2, -0.15) is 0 Å². The second-order valence-corrected chi connectivity index (χ2v) is 5.79. The third-order valence-electron chi connectivity index (χ3n) is 4.08. The van der Waals surface area contributed by atoms with Gasteiger partial charge in [0.1, 0.15) is 6.61 Å². The van der Waals surface area contributed by atoms with Crippen molar-refractivity contribution < 1.29 is 18.7 Å². The molecule has 1 amide bonds. The molecular formula is C18H19FN2O3. The highest BCUT2D eigenvalue weighted by atomic mass is 19.1. The lowest BCUT2D eigenvalue weighted by atomic mass is 9.93. The number of aromatic amines is 1. The summed E-state index contributed by atoms with van der Waals surface area (Å²) in [6.07, 6.45) is 2.07. The number of amides is 1. The van der Waals surface area contributed by atoms with Crippen LogP contribution >= 0.6 is 0 Å². The van der Waals surface area contributed by atoms with Crippen molar-refractivity contribution >= 4 is 11.7 Å². The molecule has 0 unspecified atom stereocenters. The molecule has 1 heterocycles. The fourth-order valence-corrected chi connectivity index (χ4v) is 3.00. The van der Waals surface area contributed by atoms with E-state index >= 15 is 0 Å². The van der Waals surface area contributed by atoms with Crippen molar-refractivity contribution in [3.05, 3.63) is 52.6 Å². The summed E-state index contributed by atoms with van der Waals surface area (Å²) >= 11 is 0. The van der Waals surface area contributed by atoms with E-state index in [-0.39, 0.29) is 30.6 Å². The van der Waals surface area contributed by atoms with Gasteiger partial charge in [-0.3, -0.25) is 9.59 Å². The maximum atomic E-state index is 13.4. The van der Waals surface area contributed by atoms with Crippen LogP contribution in [0.25, 0.3) is 0 Å². The number of H-pyrrole nitrogens is 1. The Hall–Kier alpha value is -2.63. The molecule has 1 aromatic heterocycles. The molecule has 1 aliphatic carbocycles. The first-order valence-electron chi connectivity index (χ1n) is 7.98. The van der Waals surface area contributed by atoms with E-state index < -0.39 is 5.82 Å². The molecule has 24 heavy (non-hydrogen) atoms. The number of nitrogens with one attached hydrogen (secondary N) is 2. The van der Waals surface area contributed by atoms with E-state index in [9.17, 15) is 14.0 Å². The molecule has 2 aromatic rings. The molecule has 0 saturated carbocycles. The number of ketones is 1. The summed E-state index contributed by atoms with van der Waals surface area (Å²) in [5.74, 6) is -0.590. The maximum absolute atomic E-state index is 13.4. The average Bonchev–Trinajstić information content (AvgIpc) is 2.90. The average molecular weight is 330 g/mol. The number of aryl methyl sites for hydroxylation is 2. The molecule has 0 radical (unpaired) electrons. The Morgan fingerprint density at radius 3 is 2.92 bits per heavy atom. The zero-order valence-corrected chi connectivity index (χ0v) is 13.4. The minimum absolute atomic E-state index is 0.00774. The standard InChI is InChI=1S/C18H19FN2O3/c1-11-16(17-13(21-11)6-4-7-14(17)22)18(23)20-9-10-24-15-8-3-2-5-12(15)19/h2-3,5,8,21H,4,6-7,9-10H2,1H3,(H,20,23). The first-order valence-corrected chi connectivity index (χ1v) is 7.98. The van der Waals surface area contributed by atoms with E-state index in [2.05, 4.69) is 10.3 Å². The van der Waals surface area contributed by atoms with Crippen LogP contribution in [0.1, 0.15) is 44.9 Å². The molecule has 5 nitrogen and oxygen atoms in total. The number of carbonyl (C=O) groups excluding carboxylic acids is 2. The third kappa shape index (κ3) is 3.18. The van der Waals surface area contributed by atoms with Gasteiger partial charge >= 0.3 is 0 Å². The van der Waals surface area contributed by atoms with Crippen molar-refractivity contribution in [3.8, 4) is 5.75 Å². The van der Waals surface area contributed by atoms with Crippen molar-refractivity contribution in [2.24, 2.45) is 0 Å². The van der Waals surface area contributed by atoms with E-state index in [1.54, 1.807) is 19.1 Å². The lowest BCUT2D eigenvalue weighted by Gasteiger charge is -2.12. The predicted molar refractivity (Wildman–Crippen MR) is 87.0 cm³/mol. The molecule has 6 heteroatoms. The summed E-state index contributed by atoms with van der Waals surface area (Å²) < 4.78 is 18.7. The molecule has 0 aliphatic heterocycles. The normalized spacial score (nSPS) is 13.5. The smallest absolute Gasteiger partial charge is 0.253 e. The summed E-state index contributed by atoms with van der Waals surface area (Å²) in [4.78, 5) is 27.7. The SMILES string of the molecule is Cc1[nH]c2c(c1C(=O)NCCOc1ccccc1F)C(=O)CCC2. The summed E-state index contributed by atoms with van der Waals surface area (Å²) in [6, 6.07) is 6.11. The number of ether oxygens (including phenoxy) is 1. The van der Waals surface area contributed by atoms with Gasteiger partial charge in [0.25, 0.3) is 5.91 Å². The number of hydrogen-bond donors (Lipinski definition) is 2. The summed E-state index contributed by atoms with van der Waals surface area (Å²) in [6.45, 7) is 2.16. The fourth-order valence-electron chi connectivity index (χ4n) is 3.00. The summed E-state index contributed by atoms with van der Waals surface area (Å²) in [5.41, 5.74) is 2.48. The Balaban J connectivity index is 1.61. The predicted octanol–water partition coefficient (Wildman–Crippen LogP) is 2.79. The summed E-state index contributed by atoms with van der Waals surface area (Å²) in [5, 5.41) is 2.73. The highest BCUT2D eigenvalue weighted by Gasteiger charge is 2.28. The topological polar surface area (TPSA) is 71.2 Å². The van der Waals surface area contributed by atoms with Gasteiger partial charge in [0.15, 0.2) is 17.3 Å². The molecular weight excluding hydrogens is 311 g/mol. The van der Waals surface area contributed by atoms with Crippen molar-refractivity contribution in [2.45, 2.75) is 26.2 Å². The van der Waals surface area contributed by atoms with Gasteiger partial charge in [0.05, 0.1) is 17.7 Å². The van der Waals surface area contributed by atoms with Crippen LogP contribution < -0.4 is 10.1 Å². The first-order chi connectivity index (χ1) is 11.6. The van der Waals surface area contributed by atoms with Crippen LogP contribution in [0.2, 0.25) is 0 Å². The lowest BCUT2D eigenvalue weighted by molar-refractivity contribution is 0.0923. The van der Waals surface area contributed by atoms with Gasteiger partial charge in [-0.25, -0.2) is 4.39 Å². The van der Waals surface area contributed by atoms with Crippen molar-refractivity contribution in [2.75, 3.05) is 13.2 Å². The number of rotatable bonds is 5. The fraction of sp³-hybridized carbons (Fsp3) is 0.333. The number of halogens is 1. The molecule has 0 fully saturated rings. The van der Waals surface area contributed by atoms with Crippen LogP contribution in [-0.2, 0) is 6.42 Å². The Bertz CT molecular complexity index is 783. The Labute approximate surface area is 139 Å². The Morgan fingerprint density at radius 2 is 2.12 bits per heavy atom. The second-order valence-electron chi connectivity index (χ2n) is 5.79. The Kier molecular flexibility index (Phi) is 4.64. The number of benzene rings is 1. The molecule has 0 atom stereocenters. The van der Waals surface area contributed by atoms with Gasteiger partial charge in [-0.05, 0) is 31.9 Å².